The van der Waals surface area contributed by atoms with E-state index in [4.69, 9.17) is 9.47 Å². The van der Waals surface area contributed by atoms with Gasteiger partial charge in [0, 0.05) is 30.4 Å². The van der Waals surface area contributed by atoms with E-state index in [1.807, 2.05) is 30.3 Å². The first-order valence-corrected chi connectivity index (χ1v) is 9.87. The molecule has 2 heterocycles. The lowest BCUT2D eigenvalue weighted by atomic mass is 10.1. The monoisotopic (exact) mass is 409 g/mol. The summed E-state index contributed by atoms with van der Waals surface area (Å²) in [6, 6.07) is 13.6. The second kappa shape index (κ2) is 8.44. The van der Waals surface area contributed by atoms with Gasteiger partial charge in [0.25, 0.3) is 0 Å². The molecule has 3 amide bonds. The zero-order chi connectivity index (χ0) is 21.1. The van der Waals surface area contributed by atoms with Gasteiger partial charge in [-0.1, -0.05) is 18.2 Å². The molecule has 156 valence electrons. The van der Waals surface area contributed by atoms with E-state index in [2.05, 4.69) is 10.6 Å². The first-order valence-electron chi connectivity index (χ1n) is 9.87. The number of fused-ring (bicyclic) bond motifs is 1. The molecule has 2 aliphatic heterocycles. The van der Waals surface area contributed by atoms with Crippen LogP contribution in [-0.4, -0.2) is 43.5 Å². The van der Waals surface area contributed by atoms with E-state index in [9.17, 15) is 14.4 Å². The SMILES string of the molecule is C[C@H](NC(=O)[C@@H]1CC(=O)N(c2ccccc2)C1)C(=O)Nc1ccc2c(c1)OCCO2. The molecule has 2 aromatic rings. The van der Waals surface area contributed by atoms with Gasteiger partial charge in [0.15, 0.2) is 11.5 Å². The van der Waals surface area contributed by atoms with E-state index in [0.717, 1.165) is 5.69 Å². The number of rotatable bonds is 5. The first-order chi connectivity index (χ1) is 14.5. The van der Waals surface area contributed by atoms with Gasteiger partial charge in [0.1, 0.15) is 19.3 Å². The van der Waals surface area contributed by atoms with Gasteiger partial charge in [-0.15, -0.1) is 0 Å². The maximum Gasteiger partial charge on any atom is 0.246 e. The van der Waals surface area contributed by atoms with Gasteiger partial charge in [-0.25, -0.2) is 0 Å². The number of benzene rings is 2. The Balaban J connectivity index is 1.33. The molecule has 0 unspecified atom stereocenters. The Morgan fingerprint density at radius 1 is 1.07 bits per heavy atom. The number of amides is 3. The molecule has 30 heavy (non-hydrogen) atoms. The zero-order valence-corrected chi connectivity index (χ0v) is 16.6. The predicted octanol–water partition coefficient (Wildman–Crippen LogP) is 1.95. The first kappa shape index (κ1) is 19.8. The number of para-hydroxylation sites is 1. The van der Waals surface area contributed by atoms with Crippen LogP contribution in [0.1, 0.15) is 13.3 Å². The Labute approximate surface area is 174 Å². The van der Waals surface area contributed by atoms with Crippen LogP contribution < -0.4 is 25.0 Å². The van der Waals surface area contributed by atoms with Crippen molar-refractivity contribution in [3.05, 3.63) is 48.5 Å². The molecule has 8 nitrogen and oxygen atoms in total. The molecule has 0 saturated carbocycles. The van der Waals surface area contributed by atoms with Crippen LogP contribution >= 0.6 is 0 Å². The fourth-order valence-corrected chi connectivity index (χ4v) is 3.51. The Hall–Kier alpha value is -3.55. The van der Waals surface area contributed by atoms with Gasteiger partial charge in [0.2, 0.25) is 17.7 Å². The van der Waals surface area contributed by atoms with Crippen LogP contribution in [0.4, 0.5) is 11.4 Å². The standard InChI is InChI=1S/C22H23N3O5/c1-14(21(27)24-16-7-8-18-19(12-16)30-10-9-29-18)23-22(28)15-11-20(26)25(13-15)17-5-3-2-4-6-17/h2-8,12,14-15H,9-11,13H2,1H3,(H,23,28)(H,24,27)/t14-,15+/m0/s1. The highest BCUT2D eigenvalue weighted by atomic mass is 16.6. The lowest BCUT2D eigenvalue weighted by molar-refractivity contribution is -0.129. The number of ether oxygens (including phenoxy) is 2. The number of nitrogens with one attached hydrogen (secondary N) is 2. The van der Waals surface area contributed by atoms with Gasteiger partial charge >= 0.3 is 0 Å². The highest BCUT2D eigenvalue weighted by Crippen LogP contribution is 2.32. The molecule has 2 atom stereocenters. The van der Waals surface area contributed by atoms with Crippen LogP contribution in [-0.2, 0) is 14.4 Å². The van der Waals surface area contributed by atoms with Crippen LogP contribution in [0.25, 0.3) is 0 Å². The van der Waals surface area contributed by atoms with E-state index in [1.165, 1.54) is 0 Å². The summed E-state index contributed by atoms with van der Waals surface area (Å²) in [5, 5.41) is 5.48. The number of hydrogen-bond acceptors (Lipinski definition) is 5. The smallest absolute Gasteiger partial charge is 0.246 e. The van der Waals surface area contributed by atoms with Crippen LogP contribution in [0.15, 0.2) is 48.5 Å². The second-order valence-electron chi connectivity index (χ2n) is 7.32. The molecule has 2 aliphatic rings. The van der Waals surface area contributed by atoms with Crippen LogP contribution in [0.3, 0.4) is 0 Å². The minimum absolute atomic E-state index is 0.102. The van der Waals surface area contributed by atoms with Crippen molar-refractivity contribution >= 4 is 29.1 Å². The van der Waals surface area contributed by atoms with Gasteiger partial charge in [-0.2, -0.15) is 0 Å². The second-order valence-corrected chi connectivity index (χ2v) is 7.32. The molecule has 0 aromatic heterocycles. The highest BCUT2D eigenvalue weighted by Gasteiger charge is 2.36. The molecule has 0 spiro atoms. The molecule has 1 fully saturated rings. The minimum atomic E-state index is -0.758. The van der Waals surface area contributed by atoms with Crippen molar-refractivity contribution in [2.45, 2.75) is 19.4 Å². The van der Waals surface area contributed by atoms with Crippen molar-refractivity contribution in [1.82, 2.24) is 5.32 Å². The summed E-state index contributed by atoms with van der Waals surface area (Å²) >= 11 is 0. The summed E-state index contributed by atoms with van der Waals surface area (Å²) in [4.78, 5) is 39.0. The lowest BCUT2D eigenvalue weighted by Gasteiger charge is -2.20. The number of hydrogen-bond donors (Lipinski definition) is 2. The Morgan fingerprint density at radius 3 is 2.57 bits per heavy atom. The van der Waals surface area contributed by atoms with Crippen molar-refractivity contribution in [1.29, 1.82) is 0 Å². The molecule has 2 N–H and O–H groups in total. The molecule has 0 aliphatic carbocycles. The Morgan fingerprint density at radius 2 is 1.80 bits per heavy atom. The quantitative estimate of drug-likeness (QED) is 0.787. The summed E-state index contributed by atoms with van der Waals surface area (Å²) < 4.78 is 11.0. The van der Waals surface area contributed by atoms with E-state index in [1.54, 1.807) is 30.0 Å². The van der Waals surface area contributed by atoms with Crippen molar-refractivity contribution < 1.29 is 23.9 Å². The fraction of sp³-hybridized carbons (Fsp3) is 0.318. The average molecular weight is 409 g/mol. The normalized spacial score (nSPS) is 18.6. The molecule has 2 aromatic carbocycles. The number of carbonyl (C=O) groups excluding carboxylic acids is 3. The van der Waals surface area contributed by atoms with Gasteiger partial charge < -0.3 is 25.0 Å². The largest absolute Gasteiger partial charge is 0.486 e. The third kappa shape index (κ3) is 4.22. The molecule has 4 rings (SSSR count). The third-order valence-corrected chi connectivity index (χ3v) is 5.13. The van der Waals surface area contributed by atoms with E-state index in [-0.39, 0.29) is 24.1 Å². The van der Waals surface area contributed by atoms with Crippen LogP contribution in [0.5, 0.6) is 11.5 Å². The Kier molecular flexibility index (Phi) is 5.56. The fourth-order valence-electron chi connectivity index (χ4n) is 3.51. The van der Waals surface area contributed by atoms with Gasteiger partial charge in [-0.05, 0) is 31.2 Å². The third-order valence-electron chi connectivity index (χ3n) is 5.13. The van der Waals surface area contributed by atoms with Crippen molar-refractivity contribution in [3.8, 4) is 11.5 Å². The highest BCUT2D eigenvalue weighted by molar-refractivity contribution is 6.02. The molecular weight excluding hydrogens is 386 g/mol. The van der Waals surface area contributed by atoms with Crippen LogP contribution in [0.2, 0.25) is 0 Å². The van der Waals surface area contributed by atoms with E-state index in [0.29, 0.717) is 36.9 Å². The predicted molar refractivity (Wildman–Crippen MR) is 111 cm³/mol. The summed E-state index contributed by atoms with van der Waals surface area (Å²) in [6.07, 6.45) is 0.122. The summed E-state index contributed by atoms with van der Waals surface area (Å²) in [5.41, 5.74) is 1.32. The molecule has 0 bridgehead atoms. The molecule has 8 heteroatoms. The molecular formula is C22H23N3O5. The average Bonchev–Trinajstić information content (AvgIpc) is 3.16. The van der Waals surface area contributed by atoms with Crippen LogP contribution in [0, 0.1) is 5.92 Å². The maximum atomic E-state index is 12.6. The lowest BCUT2D eigenvalue weighted by Crippen LogP contribution is -2.44. The Bertz CT molecular complexity index is 963. The summed E-state index contributed by atoms with van der Waals surface area (Å²) in [7, 11) is 0. The number of anilines is 2. The maximum absolute atomic E-state index is 12.6. The van der Waals surface area contributed by atoms with E-state index >= 15 is 0 Å². The van der Waals surface area contributed by atoms with Crippen molar-refractivity contribution in [2.24, 2.45) is 5.92 Å². The van der Waals surface area contributed by atoms with Gasteiger partial charge in [0.05, 0.1) is 5.92 Å². The molecule has 0 radical (unpaired) electrons. The van der Waals surface area contributed by atoms with Gasteiger partial charge in [-0.3, -0.25) is 14.4 Å². The number of nitrogens with zero attached hydrogens (tertiary/aromatic N) is 1. The van der Waals surface area contributed by atoms with Crippen molar-refractivity contribution in [3.63, 3.8) is 0 Å². The number of carbonyl (C=O) groups is 3. The summed E-state index contributed by atoms with van der Waals surface area (Å²) in [6.45, 7) is 2.85. The summed E-state index contributed by atoms with van der Waals surface area (Å²) in [5.74, 6) is -0.0662. The van der Waals surface area contributed by atoms with Crippen molar-refractivity contribution in [2.75, 3.05) is 30.0 Å². The zero-order valence-electron chi connectivity index (χ0n) is 16.6. The minimum Gasteiger partial charge on any atom is -0.486 e. The molecule has 1 saturated heterocycles. The van der Waals surface area contributed by atoms with E-state index < -0.39 is 12.0 Å². The topological polar surface area (TPSA) is 97.0 Å².